The van der Waals surface area contributed by atoms with Crippen molar-refractivity contribution in [2.45, 2.75) is 89.1 Å². The zero-order valence-corrected chi connectivity index (χ0v) is 28.1. The summed E-state index contributed by atoms with van der Waals surface area (Å²) in [5, 5.41) is 20.0. The van der Waals surface area contributed by atoms with Crippen LogP contribution in [-0.2, 0) is 22.0 Å². The number of ether oxygens (including phenoxy) is 1. The van der Waals surface area contributed by atoms with E-state index < -0.39 is 58.9 Å². The quantitative estimate of drug-likeness (QED) is 0.106. The van der Waals surface area contributed by atoms with Crippen LogP contribution in [-0.4, -0.2) is 76.3 Å². The number of hydrogen-bond acceptors (Lipinski definition) is 5. The van der Waals surface area contributed by atoms with Gasteiger partial charge in [-0.05, 0) is 123 Å². The molecule has 0 radical (unpaired) electrons. The number of unbranched alkanes of at least 4 members (excludes halogenated alkanes) is 3. The van der Waals surface area contributed by atoms with Gasteiger partial charge in [-0.15, -0.1) is 0 Å². The second kappa shape index (κ2) is 18.9. The van der Waals surface area contributed by atoms with Gasteiger partial charge in [0.1, 0.15) is 0 Å². The fourth-order valence-corrected chi connectivity index (χ4v) is 7.19. The number of aryl methyl sites for hydroxylation is 1. The Bertz CT molecular complexity index is 1380. The van der Waals surface area contributed by atoms with E-state index in [1.807, 2.05) is 0 Å². The van der Waals surface area contributed by atoms with Crippen LogP contribution < -0.4 is 0 Å². The van der Waals surface area contributed by atoms with Crippen molar-refractivity contribution >= 4 is 21.9 Å². The van der Waals surface area contributed by atoms with E-state index in [0.717, 1.165) is 73.9 Å². The third-order valence-corrected chi connectivity index (χ3v) is 10.1. The highest BCUT2D eigenvalue weighted by molar-refractivity contribution is 7.84. The number of phenolic OH excluding ortho intramolecular Hbond substituents is 2. The average Bonchev–Trinajstić information content (AvgIpc) is 3.18. The van der Waals surface area contributed by atoms with E-state index in [-0.39, 0.29) is 11.5 Å². The normalized spacial score (nSPS) is 14.8. The summed E-state index contributed by atoms with van der Waals surface area (Å²) in [5.74, 6) is -7.04. The van der Waals surface area contributed by atoms with Crippen molar-refractivity contribution in [3.05, 3.63) is 58.7 Å². The van der Waals surface area contributed by atoms with E-state index >= 15 is 0 Å². The third kappa shape index (κ3) is 12.0. The lowest BCUT2D eigenvalue weighted by atomic mass is 9.88. The molecule has 0 amide bonds. The predicted molar refractivity (Wildman–Crippen MR) is 175 cm³/mol. The van der Waals surface area contributed by atoms with E-state index in [1.165, 1.54) is 24.3 Å². The van der Waals surface area contributed by atoms with E-state index in [0.29, 0.717) is 44.4 Å². The first-order chi connectivity index (χ1) is 22.7. The zero-order valence-electron chi connectivity index (χ0n) is 27.3. The molecule has 5 nitrogen and oxygen atoms in total. The lowest BCUT2D eigenvalue weighted by Gasteiger charge is -2.22. The molecule has 0 bridgehead atoms. The number of alkyl halides is 5. The van der Waals surface area contributed by atoms with Crippen molar-refractivity contribution in [1.82, 2.24) is 4.90 Å². The number of rotatable bonds is 20. The van der Waals surface area contributed by atoms with Gasteiger partial charge in [-0.25, -0.2) is 8.78 Å². The minimum absolute atomic E-state index is 0.200. The monoisotopic (exact) mass is 709 g/mol. The number of aromatic hydroxyl groups is 2. The molecule has 2 N–H and O–H groups in total. The molecule has 13 heteroatoms. The van der Waals surface area contributed by atoms with Gasteiger partial charge >= 0.3 is 12.1 Å². The highest BCUT2D eigenvalue weighted by Crippen LogP contribution is 2.41. The summed E-state index contributed by atoms with van der Waals surface area (Å²) in [7, 11) is 0.127. The minimum atomic E-state index is -5.60. The molecule has 1 aliphatic rings. The Kier molecular flexibility index (Phi) is 15.7. The summed E-state index contributed by atoms with van der Waals surface area (Å²) < 4.78 is 109. The van der Waals surface area contributed by atoms with Gasteiger partial charge < -0.3 is 19.8 Å². The van der Waals surface area contributed by atoms with Gasteiger partial charge in [0, 0.05) is 49.0 Å². The SMILES string of the molecule is COCCCN(CCCCCCC1=C(c2ccc(F)c(O)c2)CCCc2cc(O)c(F)cc21)CCCS(=O)CCCC(F)(F)C(F)(F)F. The number of fused-ring (bicyclic) bond motifs is 1. The maximum atomic E-state index is 14.5. The first kappa shape index (κ1) is 39.8. The van der Waals surface area contributed by atoms with Crippen LogP contribution >= 0.6 is 0 Å². The standard InChI is InChI=1S/C35H46F7NO4S/c1-47-19-8-17-43(18-9-21-48(46)20-7-15-34(38,39)35(40,41)42)16-5-3-2-4-11-28-27(26-13-14-30(36)32(44)23-26)12-6-10-25-22-33(45)31(37)24-29(25)28/h13-14,22-24,44-45H,2-12,15-21H2,1H3. The molecule has 2 aromatic carbocycles. The number of nitrogens with zero attached hydrogens (tertiary/aromatic N) is 1. The fourth-order valence-electron chi connectivity index (χ4n) is 6.07. The van der Waals surface area contributed by atoms with E-state index in [9.17, 15) is 45.2 Å². The summed E-state index contributed by atoms with van der Waals surface area (Å²) in [5.41, 5.74) is 4.08. The largest absolute Gasteiger partial charge is 0.505 e. The van der Waals surface area contributed by atoms with Gasteiger partial charge in [-0.1, -0.05) is 18.9 Å². The van der Waals surface area contributed by atoms with Gasteiger partial charge in [0.25, 0.3) is 0 Å². The molecule has 0 aromatic heterocycles. The maximum Gasteiger partial charge on any atom is 0.453 e. The number of allylic oxidation sites excluding steroid dienone is 2. The van der Waals surface area contributed by atoms with Crippen molar-refractivity contribution in [1.29, 1.82) is 0 Å². The Hall–Kier alpha value is -2.64. The van der Waals surface area contributed by atoms with Crippen molar-refractivity contribution < 1.29 is 49.9 Å². The fraction of sp³-hybridized carbons (Fsp3) is 0.600. The second-order valence-electron chi connectivity index (χ2n) is 12.3. The molecule has 270 valence electrons. The molecule has 3 rings (SSSR count). The van der Waals surface area contributed by atoms with Gasteiger partial charge in [-0.2, -0.15) is 22.0 Å². The van der Waals surface area contributed by atoms with Crippen LogP contribution in [0.25, 0.3) is 11.1 Å². The molecule has 48 heavy (non-hydrogen) atoms. The molecule has 1 atom stereocenters. The third-order valence-electron chi connectivity index (χ3n) is 8.63. The van der Waals surface area contributed by atoms with Crippen molar-refractivity contribution in [2.75, 3.05) is 44.9 Å². The molecule has 0 spiro atoms. The van der Waals surface area contributed by atoms with E-state index in [1.54, 1.807) is 13.2 Å². The predicted octanol–water partition coefficient (Wildman–Crippen LogP) is 9.03. The van der Waals surface area contributed by atoms with Crippen LogP contribution in [0.15, 0.2) is 30.3 Å². The summed E-state index contributed by atoms with van der Waals surface area (Å²) >= 11 is 0. The molecule has 0 saturated heterocycles. The van der Waals surface area contributed by atoms with Crippen LogP contribution in [0.4, 0.5) is 30.7 Å². The van der Waals surface area contributed by atoms with Gasteiger partial charge in [0.05, 0.1) is 0 Å². The van der Waals surface area contributed by atoms with E-state index in [4.69, 9.17) is 4.74 Å². The van der Waals surface area contributed by atoms with Crippen molar-refractivity contribution in [2.24, 2.45) is 0 Å². The Morgan fingerprint density at radius 3 is 2.19 bits per heavy atom. The number of halogens is 7. The molecule has 1 unspecified atom stereocenters. The number of hydrogen-bond donors (Lipinski definition) is 2. The first-order valence-electron chi connectivity index (χ1n) is 16.5. The summed E-state index contributed by atoms with van der Waals surface area (Å²) in [4.78, 5) is 2.21. The topological polar surface area (TPSA) is 70.0 Å². The van der Waals surface area contributed by atoms with Crippen LogP contribution in [0.1, 0.15) is 87.3 Å². The van der Waals surface area contributed by atoms with Crippen LogP contribution in [0.2, 0.25) is 0 Å². The first-order valence-corrected chi connectivity index (χ1v) is 18.0. The minimum Gasteiger partial charge on any atom is -0.505 e. The maximum absolute atomic E-state index is 14.5. The number of methoxy groups -OCH3 is 1. The average molecular weight is 710 g/mol. The number of benzene rings is 2. The van der Waals surface area contributed by atoms with Crippen LogP contribution in [0.5, 0.6) is 11.5 Å². The van der Waals surface area contributed by atoms with Gasteiger partial charge in [-0.3, -0.25) is 4.21 Å². The molecule has 0 fully saturated rings. The summed E-state index contributed by atoms with van der Waals surface area (Å²) in [6.45, 7) is 2.70. The Labute approximate surface area is 280 Å². The molecule has 1 aliphatic carbocycles. The smallest absolute Gasteiger partial charge is 0.453 e. The van der Waals surface area contributed by atoms with Gasteiger partial charge in [0.2, 0.25) is 0 Å². The molecule has 0 heterocycles. The Morgan fingerprint density at radius 2 is 1.48 bits per heavy atom. The Morgan fingerprint density at radius 1 is 0.812 bits per heavy atom. The molecule has 2 aromatic rings. The molecular weight excluding hydrogens is 663 g/mol. The molecule has 0 saturated carbocycles. The van der Waals surface area contributed by atoms with Crippen molar-refractivity contribution in [3.63, 3.8) is 0 Å². The lowest BCUT2D eigenvalue weighted by molar-refractivity contribution is -0.284. The zero-order chi connectivity index (χ0) is 35.3. The Balaban J connectivity index is 1.54. The van der Waals surface area contributed by atoms with Crippen LogP contribution in [0, 0.1) is 11.6 Å². The summed E-state index contributed by atoms with van der Waals surface area (Å²) in [6, 6.07) is 7.06. The number of phenols is 2. The van der Waals surface area contributed by atoms with Gasteiger partial charge in [0.15, 0.2) is 23.1 Å². The summed E-state index contributed by atoms with van der Waals surface area (Å²) in [6.07, 6.45) is -0.0141. The van der Waals surface area contributed by atoms with E-state index in [2.05, 4.69) is 4.90 Å². The molecular formula is C35H46F7NO4S. The van der Waals surface area contributed by atoms with Crippen molar-refractivity contribution in [3.8, 4) is 11.5 Å². The second-order valence-corrected chi connectivity index (χ2v) is 14.0. The lowest BCUT2D eigenvalue weighted by Crippen LogP contribution is -2.36. The van der Waals surface area contributed by atoms with Crippen LogP contribution in [0.3, 0.4) is 0 Å². The highest BCUT2D eigenvalue weighted by Gasteiger charge is 2.56. The highest BCUT2D eigenvalue weighted by atomic mass is 32.2. The molecule has 0 aliphatic heterocycles.